The first-order valence-electron chi connectivity index (χ1n) is 4.96. The molecule has 0 spiro atoms. The van der Waals surface area contributed by atoms with Crippen molar-refractivity contribution in [3.63, 3.8) is 0 Å². The Morgan fingerprint density at radius 3 is 3.00 bits per heavy atom. The Kier molecular flexibility index (Phi) is 4.91. The fraction of sp³-hybridized carbons (Fsp3) is 1.00. The standard InChI is InChI=1S/C9H20N2OS/c1-13(12)7-3-6-11-5-2-4-9(10)8-11/h9H,2-8,10H2,1H3. The van der Waals surface area contributed by atoms with E-state index in [-0.39, 0.29) is 0 Å². The van der Waals surface area contributed by atoms with Crippen molar-refractivity contribution in [2.75, 3.05) is 31.6 Å². The van der Waals surface area contributed by atoms with Crippen LogP contribution in [-0.4, -0.2) is 46.8 Å². The smallest absolute Gasteiger partial charge is 0.0244 e. The highest BCUT2D eigenvalue weighted by atomic mass is 32.2. The molecule has 0 aromatic heterocycles. The van der Waals surface area contributed by atoms with E-state index in [9.17, 15) is 4.21 Å². The van der Waals surface area contributed by atoms with E-state index in [4.69, 9.17) is 5.73 Å². The van der Waals surface area contributed by atoms with Gasteiger partial charge in [-0.1, -0.05) is 0 Å². The van der Waals surface area contributed by atoms with Gasteiger partial charge >= 0.3 is 0 Å². The summed E-state index contributed by atoms with van der Waals surface area (Å²) in [7, 11) is -0.637. The molecular weight excluding hydrogens is 184 g/mol. The van der Waals surface area contributed by atoms with Crippen LogP contribution in [0.1, 0.15) is 19.3 Å². The van der Waals surface area contributed by atoms with Crippen LogP contribution in [0.5, 0.6) is 0 Å². The van der Waals surface area contributed by atoms with Gasteiger partial charge in [0.2, 0.25) is 0 Å². The Labute approximate surface area is 83.1 Å². The lowest BCUT2D eigenvalue weighted by molar-refractivity contribution is 0.210. The molecule has 0 saturated carbocycles. The van der Waals surface area contributed by atoms with Crippen molar-refractivity contribution in [2.45, 2.75) is 25.3 Å². The molecule has 1 aliphatic heterocycles. The molecule has 0 aromatic carbocycles. The number of hydrogen-bond donors (Lipinski definition) is 1. The Morgan fingerprint density at radius 1 is 1.62 bits per heavy atom. The van der Waals surface area contributed by atoms with E-state index in [0.717, 1.165) is 31.7 Å². The molecule has 2 unspecified atom stereocenters. The molecule has 0 amide bonds. The van der Waals surface area contributed by atoms with Crippen molar-refractivity contribution < 1.29 is 4.21 Å². The van der Waals surface area contributed by atoms with Gasteiger partial charge < -0.3 is 10.6 Å². The lowest BCUT2D eigenvalue weighted by Gasteiger charge is -2.30. The molecule has 2 N–H and O–H groups in total. The predicted molar refractivity (Wildman–Crippen MR) is 57.2 cm³/mol. The molecule has 78 valence electrons. The van der Waals surface area contributed by atoms with Crippen LogP contribution in [0, 0.1) is 0 Å². The fourth-order valence-corrected chi connectivity index (χ4v) is 2.32. The summed E-state index contributed by atoms with van der Waals surface area (Å²) in [6.07, 6.45) is 5.18. The number of nitrogens with zero attached hydrogens (tertiary/aromatic N) is 1. The maximum absolute atomic E-state index is 10.8. The zero-order chi connectivity index (χ0) is 9.68. The van der Waals surface area contributed by atoms with Crippen molar-refractivity contribution >= 4 is 10.8 Å². The van der Waals surface area contributed by atoms with Crippen LogP contribution < -0.4 is 5.73 Å². The molecule has 3 nitrogen and oxygen atoms in total. The average molecular weight is 204 g/mol. The van der Waals surface area contributed by atoms with Crippen molar-refractivity contribution in [1.29, 1.82) is 0 Å². The molecule has 0 aliphatic carbocycles. The third-order valence-electron chi connectivity index (χ3n) is 2.45. The Morgan fingerprint density at radius 2 is 2.38 bits per heavy atom. The third-order valence-corrected chi connectivity index (χ3v) is 3.31. The van der Waals surface area contributed by atoms with Gasteiger partial charge in [0.25, 0.3) is 0 Å². The number of nitrogens with two attached hydrogens (primary N) is 1. The molecule has 1 heterocycles. The summed E-state index contributed by atoms with van der Waals surface area (Å²) in [5, 5.41) is 0. The highest BCUT2D eigenvalue weighted by molar-refractivity contribution is 7.84. The zero-order valence-electron chi connectivity index (χ0n) is 8.37. The minimum absolute atomic E-state index is 0.362. The summed E-state index contributed by atoms with van der Waals surface area (Å²) in [5.41, 5.74) is 5.85. The van der Waals surface area contributed by atoms with Crippen LogP contribution in [0.15, 0.2) is 0 Å². The molecule has 4 heteroatoms. The highest BCUT2D eigenvalue weighted by Crippen LogP contribution is 2.08. The van der Waals surface area contributed by atoms with E-state index in [2.05, 4.69) is 4.90 Å². The third kappa shape index (κ3) is 4.74. The highest BCUT2D eigenvalue weighted by Gasteiger charge is 2.15. The van der Waals surface area contributed by atoms with Crippen LogP contribution in [0.4, 0.5) is 0 Å². The van der Waals surface area contributed by atoms with E-state index in [1.54, 1.807) is 6.26 Å². The molecule has 1 saturated heterocycles. The summed E-state index contributed by atoms with van der Waals surface area (Å²) < 4.78 is 10.8. The van der Waals surface area contributed by atoms with E-state index in [1.807, 2.05) is 0 Å². The van der Waals surface area contributed by atoms with E-state index >= 15 is 0 Å². The Hall–Kier alpha value is 0.0700. The van der Waals surface area contributed by atoms with Crippen molar-refractivity contribution in [2.24, 2.45) is 5.73 Å². The van der Waals surface area contributed by atoms with Gasteiger partial charge in [0, 0.05) is 35.4 Å². The van der Waals surface area contributed by atoms with Gasteiger partial charge in [-0.05, 0) is 32.4 Å². The predicted octanol–water partition coefficient (Wildman–Crippen LogP) is 0.178. The van der Waals surface area contributed by atoms with E-state index in [0.29, 0.717) is 6.04 Å². The van der Waals surface area contributed by atoms with Crippen LogP contribution in [0.3, 0.4) is 0 Å². The fourth-order valence-electron chi connectivity index (χ4n) is 1.79. The molecule has 2 atom stereocenters. The number of rotatable bonds is 4. The summed E-state index contributed by atoms with van der Waals surface area (Å²) >= 11 is 0. The lowest BCUT2D eigenvalue weighted by Crippen LogP contribution is -2.43. The molecule has 1 rings (SSSR count). The second kappa shape index (κ2) is 5.73. The first kappa shape index (κ1) is 11.1. The van der Waals surface area contributed by atoms with Gasteiger partial charge in [-0.3, -0.25) is 4.21 Å². The van der Waals surface area contributed by atoms with E-state index < -0.39 is 10.8 Å². The molecule has 1 aliphatic rings. The Balaban J connectivity index is 2.10. The first-order valence-corrected chi connectivity index (χ1v) is 6.69. The van der Waals surface area contributed by atoms with Crippen LogP contribution in [0.2, 0.25) is 0 Å². The molecule has 0 bridgehead atoms. The van der Waals surface area contributed by atoms with Gasteiger partial charge in [-0.2, -0.15) is 0 Å². The molecule has 1 fully saturated rings. The topological polar surface area (TPSA) is 46.3 Å². The molecular formula is C9H20N2OS. The molecule has 13 heavy (non-hydrogen) atoms. The van der Waals surface area contributed by atoms with Crippen LogP contribution in [0.25, 0.3) is 0 Å². The van der Waals surface area contributed by atoms with Gasteiger partial charge in [0.05, 0.1) is 0 Å². The van der Waals surface area contributed by atoms with Crippen molar-refractivity contribution in [3.05, 3.63) is 0 Å². The normalized spacial score (nSPS) is 27.4. The van der Waals surface area contributed by atoms with Crippen molar-refractivity contribution in [1.82, 2.24) is 4.90 Å². The summed E-state index contributed by atoms with van der Waals surface area (Å²) in [6.45, 7) is 3.26. The summed E-state index contributed by atoms with van der Waals surface area (Å²) in [6, 6.07) is 0.362. The van der Waals surface area contributed by atoms with Crippen molar-refractivity contribution in [3.8, 4) is 0 Å². The number of likely N-dealkylation sites (tertiary alicyclic amines) is 1. The number of piperidine rings is 1. The maximum Gasteiger partial charge on any atom is 0.0244 e. The molecule has 0 aromatic rings. The van der Waals surface area contributed by atoms with Gasteiger partial charge in [-0.15, -0.1) is 0 Å². The van der Waals surface area contributed by atoms with Gasteiger partial charge in [0.1, 0.15) is 0 Å². The second-order valence-corrected chi connectivity index (χ2v) is 5.39. The van der Waals surface area contributed by atoms with Crippen LogP contribution >= 0.6 is 0 Å². The van der Waals surface area contributed by atoms with Gasteiger partial charge in [0.15, 0.2) is 0 Å². The first-order chi connectivity index (χ1) is 6.18. The minimum Gasteiger partial charge on any atom is -0.327 e. The summed E-state index contributed by atoms with van der Waals surface area (Å²) in [5.74, 6) is 0.825. The summed E-state index contributed by atoms with van der Waals surface area (Å²) in [4.78, 5) is 2.39. The lowest BCUT2D eigenvalue weighted by atomic mass is 10.1. The SMILES string of the molecule is CS(=O)CCCN1CCCC(N)C1. The van der Waals surface area contributed by atoms with Gasteiger partial charge in [-0.25, -0.2) is 0 Å². The largest absolute Gasteiger partial charge is 0.327 e. The average Bonchev–Trinajstić information content (AvgIpc) is 2.03. The minimum atomic E-state index is -0.637. The Bertz CT molecular complexity index is 175. The maximum atomic E-state index is 10.8. The second-order valence-electron chi connectivity index (χ2n) is 3.83. The van der Waals surface area contributed by atoms with E-state index in [1.165, 1.54) is 13.0 Å². The number of hydrogen-bond acceptors (Lipinski definition) is 3. The molecule has 0 radical (unpaired) electrons. The monoisotopic (exact) mass is 204 g/mol. The quantitative estimate of drug-likeness (QED) is 0.710. The van der Waals surface area contributed by atoms with Crippen LogP contribution in [-0.2, 0) is 10.8 Å². The zero-order valence-corrected chi connectivity index (χ0v) is 9.18.